The molecule has 1 atom stereocenters. The number of nitrogens with two attached hydrogens (primary N) is 3. The first-order chi connectivity index (χ1) is 26.1. The molecule has 1 heterocycles. The van der Waals surface area contributed by atoms with Gasteiger partial charge in [0.15, 0.2) is 0 Å². The first-order valence-corrected chi connectivity index (χ1v) is 19.5. The summed E-state index contributed by atoms with van der Waals surface area (Å²) in [5.41, 5.74) is 17.7. The number of nitrogen functional groups attached to an aromatic ring is 1. The number of amides is 1. The summed E-state index contributed by atoms with van der Waals surface area (Å²) in [6, 6.07) is 22.5. The number of hydrazine groups is 1. The number of aldehydes is 1. The van der Waals surface area contributed by atoms with Crippen LogP contribution in [0.1, 0.15) is 70.7 Å². The van der Waals surface area contributed by atoms with Crippen molar-refractivity contribution in [1.82, 2.24) is 5.43 Å². The molecule has 17 heteroatoms. The van der Waals surface area contributed by atoms with Gasteiger partial charge in [-0.3, -0.25) is 19.2 Å². The van der Waals surface area contributed by atoms with E-state index in [2.05, 4.69) is 48.6 Å². The van der Waals surface area contributed by atoms with Gasteiger partial charge in [0.2, 0.25) is 5.91 Å². The van der Waals surface area contributed by atoms with Gasteiger partial charge in [-0.1, -0.05) is 72.1 Å². The Balaban J connectivity index is -0.0000000994. The fourth-order valence-corrected chi connectivity index (χ4v) is 2.98. The first-order valence-electron chi connectivity index (χ1n) is 16.7. The molecule has 3 aromatic rings. The first kappa shape index (κ1) is 66.9. The van der Waals surface area contributed by atoms with Crippen LogP contribution in [0.2, 0.25) is 0 Å². The van der Waals surface area contributed by atoms with Gasteiger partial charge in [0.05, 0.1) is 24.7 Å². The minimum Gasteiger partial charge on any atom is -0.481 e. The molecular weight excluding hydrogens is 784 g/mol. The topological polar surface area (TPSA) is 255 Å². The number of hydrogen-bond acceptors (Lipinski definition) is 13. The number of halogens is 1. The number of carbonyl (C=O) groups is 4. The summed E-state index contributed by atoms with van der Waals surface area (Å²) in [6.45, 7) is 18.6. The van der Waals surface area contributed by atoms with Crippen molar-refractivity contribution >= 4 is 64.0 Å². The summed E-state index contributed by atoms with van der Waals surface area (Å²) in [7, 11) is -1.37. The zero-order chi connectivity index (χ0) is 45.7. The van der Waals surface area contributed by atoms with Gasteiger partial charge in [-0.15, -0.1) is 11.6 Å². The summed E-state index contributed by atoms with van der Waals surface area (Å²) in [6.07, 6.45) is 3.03. The van der Waals surface area contributed by atoms with E-state index in [9.17, 15) is 18.0 Å². The van der Waals surface area contributed by atoms with Crippen LogP contribution in [0.15, 0.2) is 77.7 Å². The summed E-state index contributed by atoms with van der Waals surface area (Å²) >= 11 is 9.11. The second-order valence-corrected chi connectivity index (χ2v) is 12.4. The van der Waals surface area contributed by atoms with Crippen molar-refractivity contribution in [2.75, 3.05) is 39.4 Å². The molecule has 324 valence electrons. The Labute approximate surface area is 347 Å². The molecule has 1 amide bonds. The van der Waals surface area contributed by atoms with E-state index in [0.29, 0.717) is 12.0 Å². The van der Waals surface area contributed by atoms with Crippen molar-refractivity contribution in [3.05, 3.63) is 95.1 Å². The van der Waals surface area contributed by atoms with Crippen LogP contribution in [-0.4, -0.2) is 82.3 Å². The van der Waals surface area contributed by atoms with Gasteiger partial charge in [-0.05, 0) is 91.1 Å². The molecule has 3 aromatic carbocycles. The molecule has 0 saturated carbocycles. The number of aliphatic carboxylic acids is 1. The Morgan fingerprint density at radius 3 is 1.30 bits per heavy atom. The van der Waals surface area contributed by atoms with Crippen LogP contribution in [0.3, 0.4) is 0 Å². The molecule has 0 radical (unpaired) electrons. The van der Waals surface area contributed by atoms with E-state index in [1.165, 1.54) is 56.5 Å². The van der Waals surface area contributed by atoms with E-state index >= 15 is 0 Å². The van der Waals surface area contributed by atoms with Crippen LogP contribution in [0.25, 0.3) is 0 Å². The van der Waals surface area contributed by atoms with Gasteiger partial charge in [0.1, 0.15) is 12.1 Å². The number of aliphatic hydroxyl groups is 1. The maximum absolute atomic E-state index is 11.1. The number of Topliss-reactive ketones (excluding diaryl/α,β-unsaturated/α-hetero) is 1. The number of aryl methyl sites for hydroxylation is 3. The number of nitrogens with one attached hydrogen (secondary N) is 1. The maximum Gasteiger partial charge on any atom is 0.300 e. The standard InChI is InChI=1S/C8H9Cl.C8H10O3S.C7H9N.2C3H6O.C2H6N2O.C2H7N.C2H4O2.C2H4O.CH4O.CH4S/c1-7-2-4-8(6-9)5-3-7;1-7-3-5-8(6-4-7)12(9,10)11-2;1-6-2-4-7(8)5-3-6;1-3-2-4-3;1-3(2)4;1-2(5)4-3;1-2-3;1-2(3)4;1-2-3;2*1-2/h2-5H,6H2,1H3;3-6H,1-2H3;2-5H,8H2,1H3;3H,2H2,1H3;1-2H3;3H2,1H3,(H,4,5);2-3H2,1H3;1H3,(H,3,4);2H,1H3;2*2H,1H3. The Hall–Kier alpha value is -3.87. The van der Waals surface area contributed by atoms with E-state index in [1.807, 2.05) is 62.6 Å². The predicted molar refractivity (Wildman–Crippen MR) is 234 cm³/mol. The van der Waals surface area contributed by atoms with Crippen molar-refractivity contribution in [2.24, 2.45) is 11.6 Å². The van der Waals surface area contributed by atoms with Crippen molar-refractivity contribution in [1.29, 1.82) is 0 Å². The highest BCUT2D eigenvalue weighted by Gasteiger charge is 2.13. The number of alkyl halides is 1. The Morgan fingerprint density at radius 1 is 0.893 bits per heavy atom. The second-order valence-electron chi connectivity index (χ2n) is 10.4. The smallest absolute Gasteiger partial charge is 0.300 e. The van der Waals surface area contributed by atoms with Crippen molar-refractivity contribution in [3.8, 4) is 0 Å². The molecule has 14 nitrogen and oxygen atoms in total. The number of carbonyl (C=O) groups excluding carboxylic acids is 3. The average molecular weight is 854 g/mol. The zero-order valence-electron chi connectivity index (χ0n) is 35.3. The minimum absolute atomic E-state index is 0.167. The predicted octanol–water partition coefficient (Wildman–Crippen LogP) is 6.05. The van der Waals surface area contributed by atoms with Crippen LogP contribution in [0.4, 0.5) is 5.69 Å². The van der Waals surface area contributed by atoms with Crippen LogP contribution < -0.4 is 22.7 Å². The molecule has 9 N–H and O–H groups in total. The quantitative estimate of drug-likeness (QED) is 0.0182. The molecule has 0 aliphatic carbocycles. The summed E-state index contributed by atoms with van der Waals surface area (Å²) in [4.78, 5) is 37.0. The lowest BCUT2D eigenvalue weighted by molar-refractivity contribution is -0.134. The highest BCUT2D eigenvalue weighted by atomic mass is 35.5. The number of carboxylic acid groups (broad SMARTS) is 1. The van der Waals surface area contributed by atoms with Gasteiger partial charge in [-0.2, -0.15) is 21.0 Å². The van der Waals surface area contributed by atoms with Crippen molar-refractivity contribution in [3.63, 3.8) is 0 Å². The number of epoxide rings is 1. The highest BCUT2D eigenvalue weighted by molar-refractivity contribution is 7.86. The third-order valence-corrected chi connectivity index (χ3v) is 6.18. The monoisotopic (exact) mass is 852 g/mol. The third-order valence-electron chi connectivity index (χ3n) is 4.58. The van der Waals surface area contributed by atoms with Gasteiger partial charge >= 0.3 is 0 Å². The van der Waals surface area contributed by atoms with E-state index < -0.39 is 16.1 Å². The summed E-state index contributed by atoms with van der Waals surface area (Å²) in [5, 5.41) is 14.4. The van der Waals surface area contributed by atoms with E-state index in [-0.39, 0.29) is 16.6 Å². The lowest BCUT2D eigenvalue weighted by Gasteiger charge is -2.00. The minimum atomic E-state index is -3.51. The molecule has 0 spiro atoms. The number of benzene rings is 3. The molecular formula is C39H69ClN4O10S2. The van der Waals surface area contributed by atoms with Crippen LogP contribution in [-0.2, 0) is 44.1 Å². The normalized spacial score (nSPS) is 10.4. The fraction of sp³-hybridized carbons (Fsp3) is 0.436. The number of hydrogen-bond donors (Lipinski definition) is 7. The number of rotatable bonds is 3. The Bertz CT molecular complexity index is 1390. The van der Waals surface area contributed by atoms with Crippen molar-refractivity contribution in [2.45, 2.75) is 86.1 Å². The van der Waals surface area contributed by atoms with Crippen LogP contribution in [0.5, 0.6) is 0 Å². The number of ketones is 1. The fourth-order valence-electron chi connectivity index (χ4n) is 2.14. The number of ether oxygens (including phenoxy) is 1. The molecule has 1 unspecified atom stereocenters. The third kappa shape index (κ3) is 68.2. The average Bonchev–Trinajstić information content (AvgIpc) is 3.95. The summed E-state index contributed by atoms with van der Waals surface area (Å²) in [5.74, 6) is 4.30. The SMILES string of the molecule is CC(=O)NN.CC(=O)O.CC(C)=O.CC1CO1.CC=O.CCN.CO.COS(=O)(=O)c1ccc(C)cc1.CS.Cc1ccc(CCl)cc1.Cc1ccc(N)cc1. The second kappa shape index (κ2) is 49.1. The van der Waals surface area contributed by atoms with Gasteiger partial charge in [0.25, 0.3) is 16.1 Å². The lowest BCUT2D eigenvalue weighted by atomic mass is 10.2. The van der Waals surface area contributed by atoms with Crippen LogP contribution in [0, 0.1) is 20.8 Å². The Morgan fingerprint density at radius 2 is 1.12 bits per heavy atom. The Kier molecular flexibility index (Phi) is 58.7. The van der Waals surface area contributed by atoms with E-state index in [4.69, 9.17) is 47.6 Å². The van der Waals surface area contributed by atoms with Gasteiger partial charge in [0, 0.05) is 32.5 Å². The molecule has 56 heavy (non-hydrogen) atoms. The maximum atomic E-state index is 11.1. The molecule has 0 aromatic heterocycles. The molecule has 4 rings (SSSR count). The van der Waals surface area contributed by atoms with E-state index in [0.717, 1.165) is 51.8 Å². The lowest BCUT2D eigenvalue weighted by Crippen LogP contribution is -2.26. The molecule has 1 aliphatic heterocycles. The zero-order valence-corrected chi connectivity index (χ0v) is 37.8. The molecule has 1 fully saturated rings. The summed E-state index contributed by atoms with van der Waals surface area (Å²) < 4.78 is 31.2. The molecule has 0 bridgehead atoms. The van der Waals surface area contributed by atoms with Gasteiger partial charge in [-0.25, -0.2) is 5.84 Å². The van der Waals surface area contributed by atoms with Crippen molar-refractivity contribution < 1.29 is 46.7 Å². The number of carboxylic acids is 1. The highest BCUT2D eigenvalue weighted by Crippen LogP contribution is 2.11. The molecule has 1 aliphatic rings. The largest absolute Gasteiger partial charge is 0.481 e. The van der Waals surface area contributed by atoms with Crippen LogP contribution >= 0.6 is 24.2 Å². The van der Waals surface area contributed by atoms with Gasteiger partial charge < -0.3 is 36.0 Å². The number of anilines is 1. The van der Waals surface area contributed by atoms with E-state index in [1.54, 1.807) is 18.4 Å². The number of thiol groups is 1. The number of aliphatic hydroxyl groups excluding tert-OH is 1. The molecule has 1 saturated heterocycles.